The van der Waals surface area contributed by atoms with Crippen molar-refractivity contribution >= 4 is 0 Å². The first-order valence-electron chi connectivity index (χ1n) is 7.04. The van der Waals surface area contributed by atoms with E-state index in [9.17, 15) is 0 Å². The summed E-state index contributed by atoms with van der Waals surface area (Å²) in [4.78, 5) is 9.02. The molecule has 1 aliphatic rings. The SMILES string of the molecule is CC(C)Cc1noc(CN2CCN(CCO)CC2)n1. The molecule has 0 aromatic carbocycles. The Kier molecular flexibility index (Phi) is 5.30. The molecule has 2 rings (SSSR count). The third-order valence-corrected chi connectivity index (χ3v) is 3.34. The van der Waals surface area contributed by atoms with Gasteiger partial charge in [0.15, 0.2) is 5.82 Å². The lowest BCUT2D eigenvalue weighted by Crippen LogP contribution is -2.46. The van der Waals surface area contributed by atoms with Crippen LogP contribution in [0.3, 0.4) is 0 Å². The average molecular weight is 268 g/mol. The van der Waals surface area contributed by atoms with E-state index in [2.05, 4.69) is 33.8 Å². The van der Waals surface area contributed by atoms with Gasteiger partial charge in [-0.25, -0.2) is 0 Å². The van der Waals surface area contributed by atoms with Crippen LogP contribution in [0.2, 0.25) is 0 Å². The maximum atomic E-state index is 8.91. The molecule has 1 aromatic rings. The van der Waals surface area contributed by atoms with Gasteiger partial charge >= 0.3 is 0 Å². The molecule has 108 valence electrons. The summed E-state index contributed by atoms with van der Waals surface area (Å²) in [5.74, 6) is 2.07. The first kappa shape index (κ1) is 14.4. The van der Waals surface area contributed by atoms with Gasteiger partial charge in [0.25, 0.3) is 0 Å². The van der Waals surface area contributed by atoms with E-state index >= 15 is 0 Å². The molecule has 0 bridgehead atoms. The van der Waals surface area contributed by atoms with Crippen molar-refractivity contribution in [2.75, 3.05) is 39.3 Å². The Hall–Kier alpha value is -0.980. The van der Waals surface area contributed by atoms with Gasteiger partial charge in [-0.3, -0.25) is 9.80 Å². The zero-order valence-electron chi connectivity index (χ0n) is 11.9. The van der Waals surface area contributed by atoms with Gasteiger partial charge in [0, 0.05) is 39.1 Å². The minimum atomic E-state index is 0.238. The zero-order valence-corrected chi connectivity index (χ0v) is 11.9. The molecule has 1 fully saturated rings. The monoisotopic (exact) mass is 268 g/mol. The quantitative estimate of drug-likeness (QED) is 0.804. The molecule has 1 saturated heterocycles. The van der Waals surface area contributed by atoms with Crippen molar-refractivity contribution in [1.29, 1.82) is 0 Å². The van der Waals surface area contributed by atoms with Crippen LogP contribution in [-0.4, -0.2) is 64.4 Å². The standard InChI is InChI=1S/C13H24N4O2/c1-11(2)9-12-14-13(19-15-12)10-17-5-3-16(4-6-17)7-8-18/h11,18H,3-10H2,1-2H3. The highest BCUT2D eigenvalue weighted by Crippen LogP contribution is 2.09. The Balaban J connectivity index is 1.77. The minimum absolute atomic E-state index is 0.238. The number of piperazine rings is 1. The average Bonchev–Trinajstić information content (AvgIpc) is 2.78. The summed E-state index contributed by atoms with van der Waals surface area (Å²) in [6, 6.07) is 0. The van der Waals surface area contributed by atoms with E-state index in [1.165, 1.54) is 0 Å². The summed E-state index contributed by atoms with van der Waals surface area (Å²) < 4.78 is 5.29. The highest BCUT2D eigenvalue weighted by molar-refractivity contribution is 4.88. The number of aliphatic hydroxyl groups excluding tert-OH is 1. The first-order chi connectivity index (χ1) is 9.17. The summed E-state index contributed by atoms with van der Waals surface area (Å²) >= 11 is 0. The molecule has 0 saturated carbocycles. The van der Waals surface area contributed by atoms with Gasteiger partial charge in [-0.05, 0) is 5.92 Å². The van der Waals surface area contributed by atoms with Gasteiger partial charge < -0.3 is 9.63 Å². The minimum Gasteiger partial charge on any atom is -0.395 e. The molecule has 0 atom stereocenters. The number of aromatic nitrogens is 2. The van der Waals surface area contributed by atoms with Crippen LogP contribution >= 0.6 is 0 Å². The predicted octanol–water partition coefficient (Wildman–Crippen LogP) is 0.378. The Morgan fingerprint density at radius 1 is 1.21 bits per heavy atom. The fraction of sp³-hybridized carbons (Fsp3) is 0.846. The molecule has 0 spiro atoms. The van der Waals surface area contributed by atoms with Crippen molar-refractivity contribution in [2.45, 2.75) is 26.8 Å². The predicted molar refractivity (Wildman–Crippen MR) is 71.6 cm³/mol. The highest BCUT2D eigenvalue weighted by Gasteiger charge is 2.18. The number of rotatable bonds is 6. The Morgan fingerprint density at radius 3 is 2.53 bits per heavy atom. The molecule has 0 unspecified atom stereocenters. The van der Waals surface area contributed by atoms with E-state index in [0.29, 0.717) is 11.8 Å². The van der Waals surface area contributed by atoms with E-state index in [-0.39, 0.29) is 6.61 Å². The fourth-order valence-corrected chi connectivity index (χ4v) is 2.31. The molecular weight excluding hydrogens is 244 g/mol. The molecule has 0 aliphatic carbocycles. The lowest BCUT2D eigenvalue weighted by molar-refractivity contribution is 0.101. The molecule has 0 radical (unpaired) electrons. The lowest BCUT2D eigenvalue weighted by atomic mass is 10.1. The molecule has 2 heterocycles. The first-order valence-corrected chi connectivity index (χ1v) is 7.04. The third-order valence-electron chi connectivity index (χ3n) is 3.34. The smallest absolute Gasteiger partial charge is 0.240 e. The van der Waals surface area contributed by atoms with Crippen LogP contribution in [0.4, 0.5) is 0 Å². The number of hydrogen-bond acceptors (Lipinski definition) is 6. The normalized spacial score (nSPS) is 18.3. The van der Waals surface area contributed by atoms with Gasteiger partial charge in [0.1, 0.15) is 0 Å². The third kappa shape index (κ3) is 4.56. The maximum Gasteiger partial charge on any atom is 0.240 e. The van der Waals surface area contributed by atoms with E-state index in [1.54, 1.807) is 0 Å². The van der Waals surface area contributed by atoms with Crippen molar-refractivity contribution in [3.05, 3.63) is 11.7 Å². The van der Waals surface area contributed by atoms with Crippen molar-refractivity contribution < 1.29 is 9.63 Å². The van der Waals surface area contributed by atoms with Gasteiger partial charge in [0.2, 0.25) is 5.89 Å². The lowest BCUT2D eigenvalue weighted by Gasteiger charge is -2.33. The second kappa shape index (κ2) is 6.98. The molecule has 19 heavy (non-hydrogen) atoms. The van der Waals surface area contributed by atoms with Crippen LogP contribution in [0, 0.1) is 5.92 Å². The topological polar surface area (TPSA) is 65.6 Å². The van der Waals surface area contributed by atoms with Crippen molar-refractivity contribution in [3.8, 4) is 0 Å². The second-order valence-electron chi connectivity index (χ2n) is 5.54. The molecule has 1 aromatic heterocycles. The molecule has 1 aliphatic heterocycles. The van der Waals surface area contributed by atoms with Crippen LogP contribution in [0.5, 0.6) is 0 Å². The van der Waals surface area contributed by atoms with Crippen LogP contribution in [-0.2, 0) is 13.0 Å². The zero-order chi connectivity index (χ0) is 13.7. The van der Waals surface area contributed by atoms with Crippen LogP contribution in [0.25, 0.3) is 0 Å². The van der Waals surface area contributed by atoms with E-state index in [0.717, 1.165) is 51.5 Å². The molecule has 6 heteroatoms. The Labute approximate surface area is 114 Å². The number of hydrogen-bond donors (Lipinski definition) is 1. The van der Waals surface area contributed by atoms with E-state index < -0.39 is 0 Å². The summed E-state index contributed by atoms with van der Waals surface area (Å²) in [6.45, 7) is 10.0. The highest BCUT2D eigenvalue weighted by atomic mass is 16.5. The van der Waals surface area contributed by atoms with E-state index in [1.807, 2.05) is 0 Å². The van der Waals surface area contributed by atoms with E-state index in [4.69, 9.17) is 9.63 Å². The number of nitrogens with zero attached hydrogens (tertiary/aromatic N) is 4. The number of aliphatic hydroxyl groups is 1. The van der Waals surface area contributed by atoms with Gasteiger partial charge in [-0.1, -0.05) is 19.0 Å². The van der Waals surface area contributed by atoms with Gasteiger partial charge in [0.05, 0.1) is 13.2 Å². The van der Waals surface area contributed by atoms with Crippen LogP contribution in [0.15, 0.2) is 4.52 Å². The van der Waals surface area contributed by atoms with Gasteiger partial charge in [-0.2, -0.15) is 4.98 Å². The molecule has 0 amide bonds. The summed E-state index contributed by atoms with van der Waals surface area (Å²) in [6.07, 6.45) is 0.869. The van der Waals surface area contributed by atoms with Crippen molar-refractivity contribution in [2.24, 2.45) is 5.92 Å². The fourth-order valence-electron chi connectivity index (χ4n) is 2.31. The Bertz CT molecular complexity index is 372. The second-order valence-corrected chi connectivity index (χ2v) is 5.54. The summed E-state index contributed by atoms with van der Waals surface area (Å²) in [5.41, 5.74) is 0. The summed E-state index contributed by atoms with van der Waals surface area (Å²) in [7, 11) is 0. The molecule has 1 N–H and O–H groups in total. The summed E-state index contributed by atoms with van der Waals surface area (Å²) in [5, 5.41) is 12.9. The van der Waals surface area contributed by atoms with Gasteiger partial charge in [-0.15, -0.1) is 0 Å². The molecular formula is C13H24N4O2. The van der Waals surface area contributed by atoms with Crippen molar-refractivity contribution in [3.63, 3.8) is 0 Å². The van der Waals surface area contributed by atoms with Crippen LogP contribution in [0.1, 0.15) is 25.6 Å². The van der Waals surface area contributed by atoms with Crippen molar-refractivity contribution in [1.82, 2.24) is 19.9 Å². The largest absolute Gasteiger partial charge is 0.395 e. The Morgan fingerprint density at radius 2 is 1.89 bits per heavy atom. The van der Waals surface area contributed by atoms with Crippen LogP contribution < -0.4 is 0 Å². The molecule has 6 nitrogen and oxygen atoms in total. The number of β-amino-alcohol motifs (C(OH)–C–C–N with tert-alkyl or cyclic N) is 1. The maximum absolute atomic E-state index is 8.91.